The SMILES string of the molecule is COc1cccc2coc(C(=O)Nc3ccc(-n4nc(C(F)(F)F)cc4C(F)(F)F)cc3)c12. The Hall–Kier alpha value is -3.96. The van der Waals surface area contributed by atoms with E-state index in [1.54, 1.807) is 18.2 Å². The molecule has 0 saturated heterocycles. The van der Waals surface area contributed by atoms with Crippen LogP contribution in [0.4, 0.5) is 32.0 Å². The molecule has 2 aromatic heterocycles. The molecule has 0 aliphatic heterocycles. The quantitative estimate of drug-likeness (QED) is 0.377. The van der Waals surface area contributed by atoms with Crippen molar-refractivity contribution in [2.75, 3.05) is 12.4 Å². The van der Waals surface area contributed by atoms with Crippen molar-refractivity contribution in [1.82, 2.24) is 9.78 Å². The van der Waals surface area contributed by atoms with Gasteiger partial charge in [-0.25, -0.2) is 4.68 Å². The Kier molecular flexibility index (Phi) is 5.30. The summed E-state index contributed by atoms with van der Waals surface area (Å²) in [4.78, 5) is 12.7. The van der Waals surface area contributed by atoms with Gasteiger partial charge in [-0.15, -0.1) is 0 Å². The van der Waals surface area contributed by atoms with Gasteiger partial charge >= 0.3 is 12.4 Å². The van der Waals surface area contributed by atoms with Crippen LogP contribution in [0.5, 0.6) is 5.75 Å². The van der Waals surface area contributed by atoms with E-state index >= 15 is 0 Å². The Morgan fingerprint density at radius 2 is 1.73 bits per heavy atom. The molecule has 1 N–H and O–H groups in total. The van der Waals surface area contributed by atoms with Crippen molar-refractivity contribution in [2.24, 2.45) is 0 Å². The maximum atomic E-state index is 13.2. The summed E-state index contributed by atoms with van der Waals surface area (Å²) < 4.78 is 89.1. The lowest BCUT2D eigenvalue weighted by Crippen LogP contribution is -2.14. The van der Waals surface area contributed by atoms with Gasteiger partial charge in [-0.3, -0.25) is 4.79 Å². The number of halogens is 6. The van der Waals surface area contributed by atoms with Crippen molar-refractivity contribution < 1.29 is 40.3 Å². The minimum absolute atomic E-state index is 0.0484. The Balaban J connectivity index is 1.63. The van der Waals surface area contributed by atoms with E-state index in [2.05, 4.69) is 10.4 Å². The molecule has 0 saturated carbocycles. The van der Waals surface area contributed by atoms with Crippen molar-refractivity contribution >= 4 is 22.4 Å². The fourth-order valence-corrected chi connectivity index (χ4v) is 3.20. The zero-order valence-electron chi connectivity index (χ0n) is 16.6. The van der Waals surface area contributed by atoms with Crippen LogP contribution in [0, 0.1) is 0 Å². The molecule has 6 nitrogen and oxygen atoms in total. The number of hydrogen-bond acceptors (Lipinski definition) is 4. The van der Waals surface area contributed by atoms with Crippen molar-refractivity contribution in [3.8, 4) is 11.4 Å². The maximum Gasteiger partial charge on any atom is 0.435 e. The molecular formula is C21H13F6N3O3. The summed E-state index contributed by atoms with van der Waals surface area (Å²) >= 11 is 0. The van der Waals surface area contributed by atoms with Crippen molar-refractivity contribution in [1.29, 1.82) is 0 Å². The highest BCUT2D eigenvalue weighted by Crippen LogP contribution is 2.36. The van der Waals surface area contributed by atoms with Crippen molar-refractivity contribution in [2.45, 2.75) is 12.4 Å². The van der Waals surface area contributed by atoms with E-state index in [-0.39, 0.29) is 27.9 Å². The summed E-state index contributed by atoms with van der Waals surface area (Å²) in [6.45, 7) is 0. The molecule has 12 heteroatoms. The molecule has 0 bridgehead atoms. The van der Waals surface area contributed by atoms with Gasteiger partial charge in [-0.1, -0.05) is 12.1 Å². The fourth-order valence-electron chi connectivity index (χ4n) is 3.20. The van der Waals surface area contributed by atoms with Crippen LogP contribution in [0.1, 0.15) is 21.9 Å². The number of fused-ring (bicyclic) bond motifs is 1. The highest BCUT2D eigenvalue weighted by Gasteiger charge is 2.42. The van der Waals surface area contributed by atoms with Crippen molar-refractivity contribution in [3.05, 3.63) is 71.9 Å². The molecule has 0 fully saturated rings. The highest BCUT2D eigenvalue weighted by molar-refractivity contribution is 6.12. The number of alkyl halides is 6. The van der Waals surface area contributed by atoms with Crippen LogP contribution in [0.2, 0.25) is 0 Å². The van der Waals surface area contributed by atoms with E-state index in [9.17, 15) is 31.1 Å². The monoisotopic (exact) mass is 469 g/mol. The molecule has 1 amide bonds. The highest BCUT2D eigenvalue weighted by atomic mass is 19.4. The number of furan rings is 1. The molecule has 33 heavy (non-hydrogen) atoms. The van der Waals surface area contributed by atoms with Crippen molar-refractivity contribution in [3.63, 3.8) is 0 Å². The molecule has 2 aromatic carbocycles. The van der Waals surface area contributed by atoms with Crippen LogP contribution in [0.3, 0.4) is 0 Å². The molecule has 0 spiro atoms. The second kappa shape index (κ2) is 7.87. The lowest BCUT2D eigenvalue weighted by Gasteiger charge is -2.11. The third-order valence-corrected chi connectivity index (χ3v) is 4.68. The first kappa shape index (κ1) is 22.2. The Bertz CT molecular complexity index is 1320. The summed E-state index contributed by atoms with van der Waals surface area (Å²) in [5, 5.41) is 6.63. The number of nitrogens with one attached hydrogen (secondary N) is 1. The largest absolute Gasteiger partial charge is 0.496 e. The van der Waals surface area contributed by atoms with Gasteiger partial charge in [0.25, 0.3) is 5.91 Å². The lowest BCUT2D eigenvalue weighted by molar-refractivity contribution is -0.143. The average molecular weight is 469 g/mol. The van der Waals surface area contributed by atoms with E-state index in [0.717, 1.165) is 12.1 Å². The molecule has 0 unspecified atom stereocenters. The van der Waals surface area contributed by atoms with Crippen LogP contribution in [-0.4, -0.2) is 22.8 Å². The Morgan fingerprint density at radius 1 is 1.03 bits per heavy atom. The molecular weight excluding hydrogens is 456 g/mol. The second-order valence-corrected chi connectivity index (χ2v) is 6.81. The van der Waals surface area contributed by atoms with Gasteiger partial charge in [-0.2, -0.15) is 31.4 Å². The third kappa shape index (κ3) is 4.23. The van der Waals surface area contributed by atoms with Crippen LogP contribution in [-0.2, 0) is 12.4 Å². The molecule has 0 atom stereocenters. The minimum Gasteiger partial charge on any atom is -0.496 e. The number of nitrogens with zero attached hydrogens (tertiary/aromatic N) is 2. The number of ether oxygens (including phenoxy) is 1. The van der Waals surface area contributed by atoms with E-state index in [1.807, 2.05) is 0 Å². The maximum absolute atomic E-state index is 13.2. The summed E-state index contributed by atoms with van der Waals surface area (Å²) in [7, 11) is 1.43. The molecule has 2 heterocycles. The zero-order valence-corrected chi connectivity index (χ0v) is 16.6. The first-order valence-electron chi connectivity index (χ1n) is 9.19. The van der Waals surface area contributed by atoms with Gasteiger partial charge in [0.15, 0.2) is 5.69 Å². The normalized spacial score (nSPS) is 12.2. The first-order chi connectivity index (χ1) is 15.5. The molecule has 0 aliphatic carbocycles. The number of carbonyl (C=O) groups excluding carboxylic acids is 1. The van der Waals surface area contributed by atoms with Crippen LogP contribution >= 0.6 is 0 Å². The molecule has 0 aliphatic rings. The molecule has 0 radical (unpaired) electrons. The van der Waals surface area contributed by atoms with Crippen LogP contribution in [0.15, 0.2) is 59.2 Å². The summed E-state index contributed by atoms with van der Waals surface area (Å²) in [5.74, 6) is -0.301. The average Bonchev–Trinajstić information content (AvgIpc) is 3.39. The molecule has 4 rings (SSSR count). The molecule has 4 aromatic rings. The third-order valence-electron chi connectivity index (χ3n) is 4.68. The van der Waals surface area contributed by atoms with Gasteiger partial charge in [0.1, 0.15) is 11.4 Å². The molecule has 172 valence electrons. The topological polar surface area (TPSA) is 69.3 Å². The van der Waals surface area contributed by atoms with Crippen LogP contribution < -0.4 is 10.1 Å². The van der Waals surface area contributed by atoms with Gasteiger partial charge in [0.2, 0.25) is 5.76 Å². The number of benzene rings is 2. The number of aromatic nitrogens is 2. The first-order valence-corrected chi connectivity index (χ1v) is 9.19. The van der Waals surface area contributed by atoms with Gasteiger partial charge in [-0.05, 0) is 30.3 Å². The van der Waals surface area contributed by atoms with Gasteiger partial charge in [0.05, 0.1) is 24.4 Å². The Labute approximate surface area is 181 Å². The van der Waals surface area contributed by atoms with E-state index in [1.165, 1.54) is 25.5 Å². The number of anilines is 1. The summed E-state index contributed by atoms with van der Waals surface area (Å²) in [6, 6.07) is 9.65. The van der Waals surface area contributed by atoms with Gasteiger partial charge < -0.3 is 14.5 Å². The van der Waals surface area contributed by atoms with Gasteiger partial charge in [0, 0.05) is 17.1 Å². The van der Waals surface area contributed by atoms with E-state index in [4.69, 9.17) is 9.15 Å². The number of methoxy groups -OCH3 is 1. The summed E-state index contributed by atoms with van der Waals surface area (Å²) in [6.07, 6.45) is -8.75. The minimum atomic E-state index is -5.07. The fraction of sp³-hybridized carbons (Fsp3) is 0.143. The smallest absolute Gasteiger partial charge is 0.435 e. The van der Waals surface area contributed by atoms with Crippen LogP contribution in [0.25, 0.3) is 16.5 Å². The number of rotatable bonds is 4. The second-order valence-electron chi connectivity index (χ2n) is 6.81. The predicted molar refractivity (Wildman–Crippen MR) is 104 cm³/mol. The number of hydrogen-bond donors (Lipinski definition) is 1. The Morgan fingerprint density at radius 3 is 2.33 bits per heavy atom. The summed E-state index contributed by atoms with van der Waals surface area (Å²) in [5.41, 5.74) is -3.37. The number of amides is 1. The standard InChI is InChI=1S/C21H13F6N3O3/c1-32-14-4-2-3-11-10-33-18(17(11)14)19(31)28-12-5-7-13(8-6-12)30-16(21(25,26)27)9-15(29-30)20(22,23)24/h2-10H,1H3,(H,28,31). The lowest BCUT2D eigenvalue weighted by atomic mass is 10.1. The van der Waals surface area contributed by atoms with E-state index in [0.29, 0.717) is 16.5 Å². The number of carbonyl (C=O) groups is 1. The van der Waals surface area contributed by atoms with E-state index < -0.39 is 29.6 Å². The predicted octanol–water partition coefficient (Wildman–Crippen LogP) is 5.92. The zero-order chi connectivity index (χ0) is 24.0.